The van der Waals surface area contributed by atoms with E-state index < -0.39 is 4.92 Å². The Balaban J connectivity index is 2.14. The standard InChI is InChI=1S/C11H8N2O3S/c14-9-3-1-8(2-4-9)12-7-10-5-6-11(17-10)13(15)16/h1-7,14H/p-1. The first-order valence-corrected chi connectivity index (χ1v) is 5.52. The minimum atomic E-state index is -0.436. The number of benzene rings is 1. The first-order chi connectivity index (χ1) is 8.15. The van der Waals surface area contributed by atoms with Gasteiger partial charge in [0.25, 0.3) is 0 Å². The highest BCUT2D eigenvalue weighted by atomic mass is 32.1. The van der Waals surface area contributed by atoms with Gasteiger partial charge in [0.2, 0.25) is 0 Å². The average Bonchev–Trinajstić information content (AvgIpc) is 2.77. The van der Waals surface area contributed by atoms with Crippen LogP contribution in [0.15, 0.2) is 41.4 Å². The first-order valence-electron chi connectivity index (χ1n) is 4.70. The number of nitro groups is 1. The quantitative estimate of drug-likeness (QED) is 0.474. The van der Waals surface area contributed by atoms with Crippen LogP contribution in [0.1, 0.15) is 4.88 Å². The SMILES string of the molecule is O=[N+]([O-])c1ccc(C=Nc2ccc([O-])cc2)s1. The summed E-state index contributed by atoms with van der Waals surface area (Å²) in [5.41, 5.74) is 0.639. The normalized spacial score (nSPS) is 10.8. The molecule has 86 valence electrons. The topological polar surface area (TPSA) is 78.6 Å². The van der Waals surface area contributed by atoms with Gasteiger partial charge >= 0.3 is 5.00 Å². The van der Waals surface area contributed by atoms with Crippen LogP contribution < -0.4 is 5.11 Å². The van der Waals surface area contributed by atoms with E-state index in [2.05, 4.69) is 4.99 Å². The molecule has 2 aromatic rings. The summed E-state index contributed by atoms with van der Waals surface area (Å²) in [7, 11) is 0. The van der Waals surface area contributed by atoms with Gasteiger partial charge in [-0.1, -0.05) is 23.5 Å². The number of rotatable bonds is 3. The van der Waals surface area contributed by atoms with Crippen molar-refractivity contribution in [2.75, 3.05) is 0 Å². The van der Waals surface area contributed by atoms with Gasteiger partial charge in [0.05, 0.1) is 15.5 Å². The van der Waals surface area contributed by atoms with Gasteiger partial charge in [0.1, 0.15) is 0 Å². The number of nitrogens with zero attached hydrogens (tertiary/aromatic N) is 2. The Labute approximate surface area is 101 Å². The Morgan fingerprint density at radius 2 is 1.88 bits per heavy atom. The van der Waals surface area contributed by atoms with E-state index in [4.69, 9.17) is 0 Å². The van der Waals surface area contributed by atoms with Crippen LogP contribution in [0.25, 0.3) is 0 Å². The fourth-order valence-electron chi connectivity index (χ4n) is 1.18. The molecule has 0 amide bonds. The van der Waals surface area contributed by atoms with Gasteiger partial charge < -0.3 is 5.11 Å². The summed E-state index contributed by atoms with van der Waals surface area (Å²) in [6, 6.07) is 9.11. The molecule has 0 fully saturated rings. The van der Waals surface area contributed by atoms with Gasteiger partial charge in [0.15, 0.2) is 0 Å². The third-order valence-corrected chi connectivity index (χ3v) is 2.94. The molecule has 1 aromatic heterocycles. The van der Waals surface area contributed by atoms with E-state index in [1.54, 1.807) is 18.2 Å². The van der Waals surface area contributed by atoms with Crippen molar-refractivity contribution in [2.24, 2.45) is 4.99 Å². The van der Waals surface area contributed by atoms with Gasteiger partial charge in [-0.05, 0) is 18.2 Å². The van der Waals surface area contributed by atoms with Gasteiger partial charge in [-0.25, -0.2) is 0 Å². The molecule has 0 saturated heterocycles. The van der Waals surface area contributed by atoms with E-state index in [-0.39, 0.29) is 10.8 Å². The van der Waals surface area contributed by atoms with Crippen molar-refractivity contribution in [1.29, 1.82) is 0 Å². The predicted octanol–water partition coefficient (Wildman–Crippen LogP) is 2.48. The maximum absolute atomic E-state index is 10.8. The van der Waals surface area contributed by atoms with Crippen molar-refractivity contribution in [3.05, 3.63) is 51.4 Å². The summed E-state index contributed by atoms with van der Waals surface area (Å²) in [4.78, 5) is 14.8. The molecule has 17 heavy (non-hydrogen) atoms. The zero-order chi connectivity index (χ0) is 12.3. The molecule has 0 bridgehead atoms. The molecule has 0 radical (unpaired) electrons. The molecule has 1 heterocycles. The van der Waals surface area contributed by atoms with E-state index in [1.807, 2.05) is 0 Å². The largest absolute Gasteiger partial charge is 0.872 e. The van der Waals surface area contributed by atoms with Crippen molar-refractivity contribution in [1.82, 2.24) is 0 Å². The van der Waals surface area contributed by atoms with Crippen molar-refractivity contribution in [3.8, 4) is 5.75 Å². The first kappa shape index (κ1) is 11.3. The molecule has 0 aliphatic carbocycles. The Hall–Kier alpha value is -2.21. The Bertz CT molecular complexity index is 560. The van der Waals surface area contributed by atoms with E-state index in [0.29, 0.717) is 10.6 Å². The molecular weight excluding hydrogens is 240 g/mol. The summed E-state index contributed by atoms with van der Waals surface area (Å²) in [6.45, 7) is 0. The molecule has 0 saturated carbocycles. The molecule has 0 atom stereocenters. The lowest BCUT2D eigenvalue weighted by atomic mass is 10.3. The Morgan fingerprint density at radius 3 is 2.47 bits per heavy atom. The van der Waals surface area contributed by atoms with Crippen LogP contribution in [-0.2, 0) is 0 Å². The second-order valence-electron chi connectivity index (χ2n) is 3.19. The Kier molecular flexibility index (Phi) is 3.15. The molecule has 0 N–H and O–H groups in total. The monoisotopic (exact) mass is 247 g/mol. The molecule has 0 spiro atoms. The number of hydrogen-bond acceptors (Lipinski definition) is 5. The van der Waals surface area contributed by atoms with Crippen molar-refractivity contribution in [2.45, 2.75) is 0 Å². The van der Waals surface area contributed by atoms with E-state index in [9.17, 15) is 15.2 Å². The highest BCUT2D eigenvalue weighted by Crippen LogP contribution is 2.23. The van der Waals surface area contributed by atoms with Crippen molar-refractivity contribution in [3.63, 3.8) is 0 Å². The molecular formula is C11H7N2O3S-. The summed E-state index contributed by atoms with van der Waals surface area (Å²) in [6.07, 6.45) is 1.54. The van der Waals surface area contributed by atoms with Gasteiger partial charge in [-0.15, -0.1) is 5.75 Å². The maximum atomic E-state index is 10.8. The summed E-state index contributed by atoms with van der Waals surface area (Å²) >= 11 is 1.05. The second-order valence-corrected chi connectivity index (χ2v) is 4.28. The van der Waals surface area contributed by atoms with Crippen LogP contribution in [0.3, 0.4) is 0 Å². The summed E-state index contributed by atoms with van der Waals surface area (Å²) < 4.78 is 0. The van der Waals surface area contributed by atoms with Gasteiger partial charge in [-0.3, -0.25) is 15.1 Å². The van der Waals surface area contributed by atoms with Gasteiger partial charge in [0, 0.05) is 12.3 Å². The molecule has 0 aliphatic heterocycles. The number of thiophene rings is 1. The average molecular weight is 247 g/mol. The lowest BCUT2D eigenvalue weighted by molar-refractivity contribution is -0.380. The number of hydrogen-bond donors (Lipinski definition) is 0. The predicted molar refractivity (Wildman–Crippen MR) is 64.1 cm³/mol. The zero-order valence-corrected chi connectivity index (χ0v) is 9.39. The molecule has 6 heteroatoms. The molecule has 1 aromatic carbocycles. The molecule has 2 rings (SSSR count). The fraction of sp³-hybridized carbons (Fsp3) is 0. The van der Waals surface area contributed by atoms with Crippen LogP contribution in [0.4, 0.5) is 10.7 Å². The molecule has 0 unspecified atom stereocenters. The van der Waals surface area contributed by atoms with Crippen LogP contribution in [0.2, 0.25) is 0 Å². The van der Waals surface area contributed by atoms with Gasteiger partial charge in [-0.2, -0.15) is 0 Å². The minimum Gasteiger partial charge on any atom is -0.872 e. The van der Waals surface area contributed by atoms with Crippen molar-refractivity contribution >= 4 is 28.2 Å². The number of aliphatic imine (C=N–C) groups is 1. The van der Waals surface area contributed by atoms with Crippen molar-refractivity contribution < 1.29 is 10.0 Å². The fourth-order valence-corrected chi connectivity index (χ4v) is 1.87. The lowest BCUT2D eigenvalue weighted by Gasteiger charge is -2.02. The van der Waals surface area contributed by atoms with Crippen LogP contribution in [0.5, 0.6) is 5.75 Å². The van der Waals surface area contributed by atoms with Crippen LogP contribution in [0, 0.1) is 10.1 Å². The molecule has 5 nitrogen and oxygen atoms in total. The third-order valence-electron chi connectivity index (χ3n) is 1.97. The maximum Gasteiger partial charge on any atom is 0.324 e. The highest BCUT2D eigenvalue weighted by Gasteiger charge is 2.07. The third kappa shape index (κ3) is 2.88. The lowest BCUT2D eigenvalue weighted by Crippen LogP contribution is -1.86. The second kappa shape index (κ2) is 4.75. The van der Waals surface area contributed by atoms with Crippen LogP contribution >= 0.6 is 11.3 Å². The van der Waals surface area contributed by atoms with E-state index in [1.165, 1.54) is 24.4 Å². The van der Waals surface area contributed by atoms with E-state index in [0.717, 1.165) is 11.3 Å². The molecule has 0 aliphatic rings. The Morgan fingerprint density at radius 1 is 1.18 bits per heavy atom. The zero-order valence-electron chi connectivity index (χ0n) is 8.57. The van der Waals surface area contributed by atoms with Crippen LogP contribution in [-0.4, -0.2) is 11.1 Å². The smallest absolute Gasteiger partial charge is 0.324 e. The highest BCUT2D eigenvalue weighted by molar-refractivity contribution is 7.16. The summed E-state index contributed by atoms with van der Waals surface area (Å²) in [5, 5.41) is 21.4. The summed E-state index contributed by atoms with van der Waals surface area (Å²) in [5.74, 6) is -0.0734. The minimum absolute atomic E-state index is 0.0734. The van der Waals surface area contributed by atoms with E-state index >= 15 is 0 Å².